The van der Waals surface area contributed by atoms with Gasteiger partial charge in [0.1, 0.15) is 13.2 Å². The highest BCUT2D eigenvalue weighted by atomic mass is 19.4. The van der Waals surface area contributed by atoms with Crippen LogP contribution in [-0.4, -0.2) is 26.0 Å². The summed E-state index contributed by atoms with van der Waals surface area (Å²) in [6, 6.07) is 4.24. The van der Waals surface area contributed by atoms with Crippen LogP contribution in [0, 0.1) is 5.82 Å². The van der Waals surface area contributed by atoms with E-state index in [0.29, 0.717) is 5.56 Å². The Bertz CT molecular complexity index is 382. The van der Waals surface area contributed by atoms with Gasteiger partial charge in [-0.2, -0.15) is 13.2 Å². The molecule has 0 aliphatic heterocycles. The maximum absolute atomic E-state index is 13.3. The lowest BCUT2D eigenvalue weighted by Gasteiger charge is -2.12. The summed E-state index contributed by atoms with van der Waals surface area (Å²) in [6.45, 7) is -1.73. The number of hydrogen-bond donors (Lipinski definition) is 1. The zero-order valence-corrected chi connectivity index (χ0v) is 9.47. The van der Waals surface area contributed by atoms with Gasteiger partial charge in [-0.3, -0.25) is 0 Å². The van der Waals surface area contributed by atoms with Crippen LogP contribution in [0.4, 0.5) is 17.6 Å². The molecule has 7 heteroatoms. The van der Waals surface area contributed by atoms with E-state index in [1.807, 2.05) is 0 Å². The number of para-hydroxylation sites is 1. The second-order valence-corrected chi connectivity index (χ2v) is 3.45. The van der Waals surface area contributed by atoms with Gasteiger partial charge >= 0.3 is 6.18 Å². The first-order valence-electron chi connectivity index (χ1n) is 5.19. The third-order valence-corrected chi connectivity index (χ3v) is 2.01. The molecule has 1 aromatic carbocycles. The first-order chi connectivity index (χ1) is 8.44. The van der Waals surface area contributed by atoms with Crippen molar-refractivity contribution in [2.75, 3.05) is 19.8 Å². The second kappa shape index (κ2) is 6.55. The number of halogens is 4. The minimum Gasteiger partial charge on any atom is -0.488 e. The van der Waals surface area contributed by atoms with Gasteiger partial charge in [0.2, 0.25) is 0 Å². The smallest absolute Gasteiger partial charge is 0.411 e. The monoisotopic (exact) mass is 267 g/mol. The quantitative estimate of drug-likeness (QED) is 0.635. The molecule has 0 atom stereocenters. The molecule has 1 aromatic rings. The topological polar surface area (TPSA) is 44.5 Å². The lowest BCUT2D eigenvalue weighted by Crippen LogP contribution is -2.19. The highest BCUT2D eigenvalue weighted by Gasteiger charge is 2.27. The summed E-state index contributed by atoms with van der Waals surface area (Å²) < 4.78 is 57.9. The van der Waals surface area contributed by atoms with Crippen LogP contribution in [0.15, 0.2) is 18.2 Å². The highest BCUT2D eigenvalue weighted by Crippen LogP contribution is 2.22. The minimum absolute atomic E-state index is 0.0457. The molecule has 0 aliphatic carbocycles. The van der Waals surface area contributed by atoms with Gasteiger partial charge in [0.25, 0.3) is 0 Å². The normalized spacial score (nSPS) is 11.6. The fourth-order valence-corrected chi connectivity index (χ4v) is 1.27. The van der Waals surface area contributed by atoms with Crippen LogP contribution in [0.25, 0.3) is 0 Å². The minimum atomic E-state index is -4.37. The van der Waals surface area contributed by atoms with Crippen molar-refractivity contribution in [2.24, 2.45) is 5.73 Å². The Labute approximate surface area is 101 Å². The molecule has 18 heavy (non-hydrogen) atoms. The number of ether oxygens (including phenoxy) is 2. The Kier molecular flexibility index (Phi) is 5.36. The van der Waals surface area contributed by atoms with Gasteiger partial charge in [0.15, 0.2) is 11.6 Å². The van der Waals surface area contributed by atoms with Crippen LogP contribution >= 0.6 is 0 Å². The molecule has 0 heterocycles. The van der Waals surface area contributed by atoms with Gasteiger partial charge in [0, 0.05) is 12.1 Å². The maximum atomic E-state index is 13.3. The Morgan fingerprint density at radius 2 is 1.89 bits per heavy atom. The summed E-state index contributed by atoms with van der Waals surface area (Å²) in [5, 5.41) is 0. The predicted molar refractivity (Wildman–Crippen MR) is 56.7 cm³/mol. The lowest BCUT2D eigenvalue weighted by molar-refractivity contribution is -0.175. The zero-order valence-electron chi connectivity index (χ0n) is 9.47. The molecule has 0 bridgehead atoms. The maximum Gasteiger partial charge on any atom is 0.411 e. The van der Waals surface area contributed by atoms with E-state index < -0.39 is 18.6 Å². The standard InChI is InChI=1S/C11H13F4NO2/c12-9-3-1-2-8(6-16)10(9)18-5-4-17-7-11(13,14)15/h1-3H,4-7,16H2. The molecule has 0 aliphatic rings. The van der Waals surface area contributed by atoms with Crippen molar-refractivity contribution in [3.63, 3.8) is 0 Å². The van der Waals surface area contributed by atoms with Crippen LogP contribution in [0.2, 0.25) is 0 Å². The van der Waals surface area contributed by atoms with E-state index >= 15 is 0 Å². The highest BCUT2D eigenvalue weighted by molar-refractivity contribution is 5.34. The van der Waals surface area contributed by atoms with Crippen LogP contribution < -0.4 is 10.5 Å². The van der Waals surface area contributed by atoms with Crippen LogP contribution in [0.3, 0.4) is 0 Å². The Morgan fingerprint density at radius 3 is 2.50 bits per heavy atom. The van der Waals surface area contributed by atoms with Gasteiger partial charge in [-0.15, -0.1) is 0 Å². The lowest BCUT2D eigenvalue weighted by atomic mass is 10.2. The van der Waals surface area contributed by atoms with Gasteiger partial charge < -0.3 is 15.2 Å². The van der Waals surface area contributed by atoms with Gasteiger partial charge in [-0.1, -0.05) is 12.1 Å². The average Bonchev–Trinajstić information content (AvgIpc) is 2.29. The van der Waals surface area contributed by atoms with Crippen molar-refractivity contribution in [1.82, 2.24) is 0 Å². The van der Waals surface area contributed by atoms with Crippen molar-refractivity contribution >= 4 is 0 Å². The van der Waals surface area contributed by atoms with Gasteiger partial charge in [-0.25, -0.2) is 4.39 Å². The van der Waals surface area contributed by atoms with Crippen molar-refractivity contribution < 1.29 is 27.0 Å². The fraction of sp³-hybridized carbons (Fsp3) is 0.455. The number of alkyl halides is 3. The van der Waals surface area contributed by atoms with E-state index in [4.69, 9.17) is 10.5 Å². The Hall–Kier alpha value is -1.34. The Morgan fingerprint density at radius 1 is 1.17 bits per heavy atom. The Balaban J connectivity index is 2.40. The molecule has 0 saturated carbocycles. The van der Waals surface area contributed by atoms with E-state index in [9.17, 15) is 17.6 Å². The number of benzene rings is 1. The summed E-state index contributed by atoms with van der Waals surface area (Å²) in [5.41, 5.74) is 5.83. The molecule has 0 unspecified atom stereocenters. The number of hydrogen-bond acceptors (Lipinski definition) is 3. The van der Waals surface area contributed by atoms with Crippen LogP contribution in [-0.2, 0) is 11.3 Å². The van der Waals surface area contributed by atoms with Crippen molar-refractivity contribution in [3.8, 4) is 5.75 Å². The zero-order chi connectivity index (χ0) is 13.6. The molecular weight excluding hydrogens is 254 g/mol. The molecule has 0 spiro atoms. The first kappa shape index (κ1) is 14.7. The van der Waals surface area contributed by atoms with E-state index in [-0.39, 0.29) is 25.5 Å². The van der Waals surface area contributed by atoms with E-state index in [1.165, 1.54) is 12.1 Å². The fourth-order valence-electron chi connectivity index (χ4n) is 1.27. The summed E-state index contributed by atoms with van der Waals surface area (Å²) in [5.74, 6) is -0.649. The van der Waals surface area contributed by atoms with Crippen molar-refractivity contribution in [2.45, 2.75) is 12.7 Å². The summed E-state index contributed by atoms with van der Waals surface area (Å²) in [7, 11) is 0. The molecule has 2 N–H and O–H groups in total. The second-order valence-electron chi connectivity index (χ2n) is 3.45. The van der Waals surface area contributed by atoms with Crippen molar-refractivity contribution in [1.29, 1.82) is 0 Å². The first-order valence-corrected chi connectivity index (χ1v) is 5.19. The van der Waals surface area contributed by atoms with Crippen molar-refractivity contribution in [3.05, 3.63) is 29.6 Å². The third kappa shape index (κ3) is 4.89. The molecular formula is C11H13F4NO2. The average molecular weight is 267 g/mol. The number of rotatable bonds is 6. The van der Waals surface area contributed by atoms with E-state index in [2.05, 4.69) is 4.74 Å². The molecule has 3 nitrogen and oxygen atoms in total. The molecule has 0 fully saturated rings. The SMILES string of the molecule is NCc1cccc(F)c1OCCOCC(F)(F)F. The summed E-state index contributed by atoms with van der Waals surface area (Å²) >= 11 is 0. The van der Waals surface area contributed by atoms with E-state index in [1.54, 1.807) is 6.07 Å². The summed E-state index contributed by atoms with van der Waals surface area (Å²) in [4.78, 5) is 0. The van der Waals surface area contributed by atoms with Crippen LogP contribution in [0.5, 0.6) is 5.75 Å². The van der Waals surface area contributed by atoms with Gasteiger partial charge in [-0.05, 0) is 6.07 Å². The summed E-state index contributed by atoms with van der Waals surface area (Å²) in [6.07, 6.45) is -4.37. The molecule has 1 rings (SSSR count). The van der Waals surface area contributed by atoms with E-state index in [0.717, 1.165) is 0 Å². The molecule has 0 saturated heterocycles. The van der Waals surface area contributed by atoms with Gasteiger partial charge in [0.05, 0.1) is 6.61 Å². The number of nitrogens with two attached hydrogens (primary N) is 1. The third-order valence-electron chi connectivity index (χ3n) is 2.01. The predicted octanol–water partition coefficient (Wildman–Crippen LogP) is 2.24. The molecule has 0 radical (unpaired) electrons. The molecule has 0 amide bonds. The molecule has 0 aromatic heterocycles. The largest absolute Gasteiger partial charge is 0.488 e. The molecule has 102 valence electrons. The van der Waals surface area contributed by atoms with Crippen LogP contribution in [0.1, 0.15) is 5.56 Å².